The van der Waals surface area contributed by atoms with Crippen molar-refractivity contribution in [1.82, 2.24) is 9.78 Å². The molecule has 1 aromatic rings. The lowest BCUT2D eigenvalue weighted by atomic mass is 10.1. The number of nitrogens with zero attached hydrogens (tertiary/aromatic N) is 2. The molecule has 0 radical (unpaired) electrons. The van der Waals surface area contributed by atoms with Gasteiger partial charge in [-0.2, -0.15) is 5.10 Å². The quantitative estimate of drug-likeness (QED) is 0.723. The monoisotopic (exact) mass is 205 g/mol. The Kier molecular flexibility index (Phi) is 3.09. The molecule has 0 saturated heterocycles. The van der Waals surface area contributed by atoms with Gasteiger partial charge in [-0.3, -0.25) is 4.68 Å². The zero-order valence-electron chi connectivity index (χ0n) is 9.32. The summed E-state index contributed by atoms with van der Waals surface area (Å²) in [4.78, 5) is 0. The van der Waals surface area contributed by atoms with Crippen LogP contribution in [0.1, 0.15) is 25.7 Å². The Bertz CT molecular complexity index is 325. The summed E-state index contributed by atoms with van der Waals surface area (Å²) in [6, 6.07) is 2.63. The van der Waals surface area contributed by atoms with Crippen LogP contribution in [0.3, 0.4) is 0 Å². The topological polar surface area (TPSA) is 29.9 Å². The summed E-state index contributed by atoms with van der Waals surface area (Å²) in [6.07, 6.45) is 8.84. The number of hydrogen-bond acceptors (Lipinski definition) is 2. The van der Waals surface area contributed by atoms with Gasteiger partial charge in [0.1, 0.15) is 5.82 Å². The largest absolute Gasteiger partial charge is 0.367 e. The molecule has 1 atom stereocenters. The molecule has 1 heterocycles. The van der Waals surface area contributed by atoms with E-state index in [1.807, 2.05) is 30.1 Å². The van der Waals surface area contributed by atoms with Crippen LogP contribution in [0, 0.1) is 5.92 Å². The van der Waals surface area contributed by atoms with Crippen LogP contribution in [-0.2, 0) is 7.05 Å². The molecule has 3 nitrogen and oxygen atoms in total. The van der Waals surface area contributed by atoms with Gasteiger partial charge in [-0.25, -0.2) is 0 Å². The van der Waals surface area contributed by atoms with Gasteiger partial charge in [0.05, 0.1) is 6.20 Å². The molecule has 0 spiro atoms. The molecule has 1 aliphatic rings. The SMILES string of the molecule is C=CCCC(Nc1ccnn1C)C1CC1. The van der Waals surface area contributed by atoms with Crippen LogP contribution in [0.25, 0.3) is 0 Å². The minimum Gasteiger partial charge on any atom is -0.367 e. The van der Waals surface area contributed by atoms with Crippen molar-refractivity contribution in [1.29, 1.82) is 0 Å². The van der Waals surface area contributed by atoms with Crippen molar-refractivity contribution in [3.05, 3.63) is 24.9 Å². The van der Waals surface area contributed by atoms with Crippen molar-refractivity contribution in [2.24, 2.45) is 13.0 Å². The van der Waals surface area contributed by atoms with Gasteiger partial charge < -0.3 is 5.32 Å². The van der Waals surface area contributed by atoms with Crippen LogP contribution >= 0.6 is 0 Å². The first-order valence-electron chi connectivity index (χ1n) is 5.66. The molecule has 0 bridgehead atoms. The van der Waals surface area contributed by atoms with Crippen LogP contribution in [-0.4, -0.2) is 15.8 Å². The number of hydrogen-bond donors (Lipinski definition) is 1. The maximum absolute atomic E-state index is 4.16. The normalized spacial score (nSPS) is 17.4. The first kappa shape index (κ1) is 10.3. The Labute approximate surface area is 91.2 Å². The summed E-state index contributed by atoms with van der Waals surface area (Å²) in [5.74, 6) is 1.98. The highest BCUT2D eigenvalue weighted by Crippen LogP contribution is 2.36. The van der Waals surface area contributed by atoms with Crippen molar-refractivity contribution in [3.63, 3.8) is 0 Å². The van der Waals surface area contributed by atoms with Crippen molar-refractivity contribution in [2.45, 2.75) is 31.7 Å². The zero-order valence-corrected chi connectivity index (χ0v) is 9.32. The van der Waals surface area contributed by atoms with Crippen LogP contribution in [0.5, 0.6) is 0 Å². The Hall–Kier alpha value is -1.25. The van der Waals surface area contributed by atoms with Gasteiger partial charge in [0.2, 0.25) is 0 Å². The van der Waals surface area contributed by atoms with Crippen LogP contribution < -0.4 is 5.32 Å². The van der Waals surface area contributed by atoms with Gasteiger partial charge in [0.15, 0.2) is 0 Å². The van der Waals surface area contributed by atoms with E-state index in [1.54, 1.807) is 0 Å². The van der Waals surface area contributed by atoms with E-state index in [2.05, 4.69) is 17.0 Å². The summed E-state index contributed by atoms with van der Waals surface area (Å²) in [5, 5.41) is 7.74. The van der Waals surface area contributed by atoms with Gasteiger partial charge in [0.25, 0.3) is 0 Å². The second kappa shape index (κ2) is 4.51. The smallest absolute Gasteiger partial charge is 0.124 e. The fourth-order valence-corrected chi connectivity index (χ4v) is 1.93. The molecule has 82 valence electrons. The fraction of sp³-hybridized carbons (Fsp3) is 0.583. The average Bonchev–Trinajstić information content (AvgIpc) is 2.99. The molecule has 0 aliphatic heterocycles. The second-order valence-electron chi connectivity index (χ2n) is 4.29. The predicted molar refractivity (Wildman–Crippen MR) is 62.8 cm³/mol. The first-order chi connectivity index (χ1) is 7.31. The number of nitrogens with one attached hydrogen (secondary N) is 1. The Morgan fingerprint density at radius 1 is 1.73 bits per heavy atom. The van der Waals surface area contributed by atoms with E-state index in [4.69, 9.17) is 0 Å². The van der Waals surface area contributed by atoms with Gasteiger partial charge >= 0.3 is 0 Å². The van der Waals surface area contributed by atoms with E-state index in [0.717, 1.165) is 18.2 Å². The second-order valence-corrected chi connectivity index (χ2v) is 4.29. The van der Waals surface area contributed by atoms with Gasteiger partial charge in [-0.05, 0) is 31.6 Å². The number of aryl methyl sites for hydroxylation is 1. The highest BCUT2D eigenvalue weighted by atomic mass is 15.3. The third-order valence-corrected chi connectivity index (χ3v) is 3.03. The lowest BCUT2D eigenvalue weighted by Crippen LogP contribution is -2.23. The van der Waals surface area contributed by atoms with E-state index >= 15 is 0 Å². The lowest BCUT2D eigenvalue weighted by Gasteiger charge is -2.18. The van der Waals surface area contributed by atoms with Crippen molar-refractivity contribution in [2.75, 3.05) is 5.32 Å². The molecule has 3 heteroatoms. The molecule has 1 aliphatic carbocycles. The predicted octanol–water partition coefficient (Wildman–Crippen LogP) is 2.58. The molecule has 1 aromatic heterocycles. The Morgan fingerprint density at radius 3 is 3.07 bits per heavy atom. The van der Waals surface area contributed by atoms with Gasteiger partial charge in [0, 0.05) is 19.2 Å². The maximum Gasteiger partial charge on any atom is 0.124 e. The van der Waals surface area contributed by atoms with Gasteiger partial charge in [-0.15, -0.1) is 6.58 Å². The van der Waals surface area contributed by atoms with E-state index < -0.39 is 0 Å². The maximum atomic E-state index is 4.16. The number of rotatable bonds is 6. The van der Waals surface area contributed by atoms with E-state index in [1.165, 1.54) is 19.3 Å². The van der Waals surface area contributed by atoms with Gasteiger partial charge in [-0.1, -0.05) is 6.08 Å². The third-order valence-electron chi connectivity index (χ3n) is 3.03. The van der Waals surface area contributed by atoms with Crippen LogP contribution in [0.4, 0.5) is 5.82 Å². The first-order valence-corrected chi connectivity index (χ1v) is 5.66. The van der Waals surface area contributed by atoms with E-state index in [9.17, 15) is 0 Å². The highest BCUT2D eigenvalue weighted by Gasteiger charge is 2.30. The van der Waals surface area contributed by atoms with Crippen LogP contribution in [0.15, 0.2) is 24.9 Å². The van der Waals surface area contributed by atoms with Crippen molar-refractivity contribution < 1.29 is 0 Å². The molecule has 1 fully saturated rings. The lowest BCUT2D eigenvalue weighted by molar-refractivity contribution is 0.583. The molecule has 1 N–H and O–H groups in total. The Balaban J connectivity index is 1.94. The third kappa shape index (κ3) is 2.61. The molecule has 0 aromatic carbocycles. The minimum atomic E-state index is 0.596. The van der Waals surface area contributed by atoms with Crippen molar-refractivity contribution >= 4 is 5.82 Å². The van der Waals surface area contributed by atoms with Crippen LogP contribution in [0.2, 0.25) is 0 Å². The molecule has 15 heavy (non-hydrogen) atoms. The molecule has 2 rings (SSSR count). The van der Waals surface area contributed by atoms with E-state index in [-0.39, 0.29) is 0 Å². The molecular weight excluding hydrogens is 186 g/mol. The van der Waals surface area contributed by atoms with E-state index in [0.29, 0.717) is 6.04 Å². The molecule has 1 unspecified atom stereocenters. The molecule has 0 amide bonds. The summed E-state index contributed by atoms with van der Waals surface area (Å²) in [7, 11) is 1.97. The Morgan fingerprint density at radius 2 is 2.53 bits per heavy atom. The molecule has 1 saturated carbocycles. The zero-order chi connectivity index (χ0) is 10.7. The van der Waals surface area contributed by atoms with Crippen molar-refractivity contribution in [3.8, 4) is 0 Å². The number of allylic oxidation sites excluding steroid dienone is 1. The summed E-state index contributed by atoms with van der Waals surface area (Å²) < 4.78 is 1.89. The minimum absolute atomic E-state index is 0.596. The highest BCUT2D eigenvalue weighted by molar-refractivity contribution is 5.35. The standard InChI is InChI=1S/C12H19N3/c1-3-4-5-11(10-6-7-10)14-12-8-9-13-15(12)2/h3,8-11,14H,1,4-7H2,2H3. The fourth-order valence-electron chi connectivity index (χ4n) is 1.93. The average molecular weight is 205 g/mol. The summed E-state index contributed by atoms with van der Waals surface area (Å²) in [5.41, 5.74) is 0. The number of aromatic nitrogens is 2. The summed E-state index contributed by atoms with van der Waals surface area (Å²) >= 11 is 0. The summed E-state index contributed by atoms with van der Waals surface area (Å²) in [6.45, 7) is 3.78. The molecular formula is C12H19N3. The number of anilines is 1.